The highest BCUT2D eigenvalue weighted by Crippen LogP contribution is 2.27. The number of piperidine rings is 1. The van der Waals surface area contributed by atoms with E-state index < -0.39 is 0 Å². The summed E-state index contributed by atoms with van der Waals surface area (Å²) in [6.07, 6.45) is 2.14. The first-order valence-corrected chi connectivity index (χ1v) is 6.56. The van der Waals surface area contributed by atoms with Crippen molar-refractivity contribution in [1.82, 2.24) is 0 Å². The minimum absolute atomic E-state index is 0.253. The molecular weight excluding hydrogens is 250 g/mol. The number of anilines is 1. The molecule has 1 fully saturated rings. The van der Waals surface area contributed by atoms with Gasteiger partial charge in [0.15, 0.2) is 6.29 Å². The molecule has 0 aromatic heterocycles. The number of benzene rings is 1. The number of hydrogen-bond donors (Lipinski definition) is 0. The molecule has 0 amide bonds. The maximum atomic E-state index is 10.7. The number of halogens is 1. The lowest BCUT2D eigenvalue weighted by Crippen LogP contribution is -2.43. The number of aldehydes is 1. The van der Waals surface area contributed by atoms with Gasteiger partial charge in [-0.2, -0.15) is 0 Å². The molecule has 18 heavy (non-hydrogen) atoms. The summed E-state index contributed by atoms with van der Waals surface area (Å²) in [5.41, 5.74) is 1.59. The predicted octanol–water partition coefficient (Wildman–Crippen LogP) is 3.01. The van der Waals surface area contributed by atoms with Crippen LogP contribution in [0, 0.1) is 5.92 Å². The summed E-state index contributed by atoms with van der Waals surface area (Å²) < 4.78 is 5.50. The number of hydrogen-bond acceptors (Lipinski definition) is 3. The Morgan fingerprint density at radius 3 is 2.89 bits per heavy atom. The third kappa shape index (κ3) is 2.68. The monoisotopic (exact) mass is 267 g/mol. The summed E-state index contributed by atoms with van der Waals surface area (Å²) in [6, 6.07) is 5.57. The normalized spacial score (nSPS) is 24.1. The Hall–Kier alpha value is -1.06. The summed E-state index contributed by atoms with van der Waals surface area (Å²) in [7, 11) is 1.76. The van der Waals surface area contributed by atoms with Crippen molar-refractivity contribution >= 4 is 23.6 Å². The van der Waals surface area contributed by atoms with Crippen molar-refractivity contribution in [3.05, 3.63) is 28.8 Å². The maximum absolute atomic E-state index is 10.7. The van der Waals surface area contributed by atoms with Gasteiger partial charge in [-0.15, -0.1) is 0 Å². The standard InChI is InChI=1S/C14H18ClNO2/c1-10-5-6-16(8-14(10)18-2)12-4-3-11(9-17)13(15)7-12/h3-4,7,9-10,14H,5-6,8H2,1-2H3. The molecule has 2 atom stereocenters. The molecule has 3 nitrogen and oxygen atoms in total. The second kappa shape index (κ2) is 5.72. The van der Waals surface area contributed by atoms with Gasteiger partial charge in [-0.3, -0.25) is 4.79 Å². The summed E-state index contributed by atoms with van der Waals surface area (Å²) in [4.78, 5) is 13.0. The van der Waals surface area contributed by atoms with E-state index in [0.29, 0.717) is 16.5 Å². The first-order chi connectivity index (χ1) is 8.65. The molecule has 0 radical (unpaired) electrons. The van der Waals surface area contributed by atoms with Gasteiger partial charge in [0.1, 0.15) is 0 Å². The van der Waals surface area contributed by atoms with Crippen LogP contribution in [0.25, 0.3) is 0 Å². The van der Waals surface area contributed by atoms with Crippen LogP contribution < -0.4 is 4.90 Å². The second-order valence-electron chi connectivity index (χ2n) is 4.81. The van der Waals surface area contributed by atoms with Crippen LogP contribution in [0.2, 0.25) is 5.02 Å². The fourth-order valence-electron chi connectivity index (χ4n) is 2.38. The number of nitrogens with zero attached hydrogens (tertiary/aromatic N) is 1. The van der Waals surface area contributed by atoms with Gasteiger partial charge in [-0.1, -0.05) is 18.5 Å². The Kier molecular flexibility index (Phi) is 4.25. The summed E-state index contributed by atoms with van der Waals surface area (Å²) >= 11 is 6.06. The van der Waals surface area contributed by atoms with Gasteiger partial charge in [-0.05, 0) is 30.5 Å². The Labute approximate surface area is 113 Å². The van der Waals surface area contributed by atoms with Crippen LogP contribution in [0.5, 0.6) is 0 Å². The van der Waals surface area contributed by atoms with E-state index in [1.165, 1.54) is 0 Å². The van der Waals surface area contributed by atoms with Crippen molar-refractivity contribution in [3.63, 3.8) is 0 Å². The first-order valence-electron chi connectivity index (χ1n) is 6.18. The van der Waals surface area contributed by atoms with Gasteiger partial charge >= 0.3 is 0 Å². The highest BCUT2D eigenvalue weighted by molar-refractivity contribution is 6.33. The Morgan fingerprint density at radius 1 is 1.50 bits per heavy atom. The summed E-state index contributed by atoms with van der Waals surface area (Å²) in [5, 5.41) is 0.509. The fourth-order valence-corrected chi connectivity index (χ4v) is 2.60. The molecular formula is C14H18ClNO2. The van der Waals surface area contributed by atoms with Crippen LogP contribution in [0.3, 0.4) is 0 Å². The Bertz CT molecular complexity index is 436. The van der Waals surface area contributed by atoms with Crippen LogP contribution in [-0.2, 0) is 4.74 Å². The predicted molar refractivity (Wildman–Crippen MR) is 73.6 cm³/mol. The Balaban J connectivity index is 2.16. The van der Waals surface area contributed by atoms with Crippen molar-refractivity contribution in [3.8, 4) is 0 Å². The highest BCUT2D eigenvalue weighted by atomic mass is 35.5. The molecule has 0 bridgehead atoms. The molecule has 1 heterocycles. The number of ether oxygens (including phenoxy) is 1. The number of carbonyl (C=O) groups is 1. The molecule has 1 aliphatic heterocycles. The van der Waals surface area contributed by atoms with Crippen LogP contribution in [0.1, 0.15) is 23.7 Å². The van der Waals surface area contributed by atoms with E-state index in [1.807, 2.05) is 12.1 Å². The average molecular weight is 268 g/mol. The largest absolute Gasteiger partial charge is 0.379 e. The molecule has 1 saturated heterocycles. The molecule has 2 rings (SSSR count). The molecule has 2 unspecified atom stereocenters. The second-order valence-corrected chi connectivity index (χ2v) is 5.22. The highest BCUT2D eigenvalue weighted by Gasteiger charge is 2.26. The van der Waals surface area contributed by atoms with Crippen molar-refractivity contribution in [1.29, 1.82) is 0 Å². The van der Waals surface area contributed by atoms with E-state index in [0.717, 1.165) is 31.5 Å². The minimum atomic E-state index is 0.253. The minimum Gasteiger partial charge on any atom is -0.379 e. The lowest BCUT2D eigenvalue weighted by Gasteiger charge is -2.37. The molecule has 1 aromatic carbocycles. The molecule has 0 N–H and O–H groups in total. The van der Waals surface area contributed by atoms with Crippen LogP contribution in [-0.4, -0.2) is 32.6 Å². The molecule has 1 aliphatic rings. The zero-order chi connectivity index (χ0) is 13.1. The number of carbonyl (C=O) groups excluding carboxylic acids is 1. The van der Waals surface area contributed by atoms with Gasteiger partial charge in [-0.25, -0.2) is 0 Å². The maximum Gasteiger partial charge on any atom is 0.151 e. The van der Waals surface area contributed by atoms with Gasteiger partial charge < -0.3 is 9.64 Å². The van der Waals surface area contributed by atoms with E-state index in [2.05, 4.69) is 11.8 Å². The fraction of sp³-hybridized carbons (Fsp3) is 0.500. The lowest BCUT2D eigenvalue weighted by molar-refractivity contribution is 0.0498. The molecule has 98 valence electrons. The van der Waals surface area contributed by atoms with Gasteiger partial charge in [0.05, 0.1) is 11.1 Å². The van der Waals surface area contributed by atoms with E-state index in [9.17, 15) is 4.79 Å². The third-order valence-electron chi connectivity index (χ3n) is 3.67. The molecule has 0 aliphatic carbocycles. The SMILES string of the molecule is COC1CN(c2ccc(C=O)c(Cl)c2)CCC1C. The Morgan fingerprint density at radius 2 is 2.28 bits per heavy atom. The number of methoxy groups -OCH3 is 1. The number of rotatable bonds is 3. The van der Waals surface area contributed by atoms with Crippen molar-refractivity contribution in [2.24, 2.45) is 5.92 Å². The van der Waals surface area contributed by atoms with E-state index in [-0.39, 0.29) is 6.10 Å². The summed E-state index contributed by atoms with van der Waals surface area (Å²) in [6.45, 7) is 4.08. The van der Waals surface area contributed by atoms with Crippen LogP contribution in [0.15, 0.2) is 18.2 Å². The molecule has 0 saturated carbocycles. The van der Waals surface area contributed by atoms with E-state index in [1.54, 1.807) is 13.2 Å². The molecule has 0 spiro atoms. The van der Waals surface area contributed by atoms with Gasteiger partial charge in [0, 0.05) is 31.5 Å². The van der Waals surface area contributed by atoms with Crippen molar-refractivity contribution < 1.29 is 9.53 Å². The molecule has 1 aromatic rings. The first kappa shape index (κ1) is 13.4. The quantitative estimate of drug-likeness (QED) is 0.789. The zero-order valence-electron chi connectivity index (χ0n) is 10.7. The lowest BCUT2D eigenvalue weighted by atomic mass is 9.95. The van der Waals surface area contributed by atoms with Crippen molar-refractivity contribution in [2.75, 3.05) is 25.1 Å². The van der Waals surface area contributed by atoms with Gasteiger partial charge in [0.25, 0.3) is 0 Å². The molecule has 4 heteroatoms. The average Bonchev–Trinajstić information content (AvgIpc) is 2.39. The topological polar surface area (TPSA) is 29.5 Å². The van der Waals surface area contributed by atoms with E-state index >= 15 is 0 Å². The third-order valence-corrected chi connectivity index (χ3v) is 4.00. The van der Waals surface area contributed by atoms with Crippen molar-refractivity contribution in [2.45, 2.75) is 19.4 Å². The van der Waals surface area contributed by atoms with Gasteiger partial charge in [0.2, 0.25) is 0 Å². The van der Waals surface area contributed by atoms with Crippen LogP contribution >= 0.6 is 11.6 Å². The van der Waals surface area contributed by atoms with E-state index in [4.69, 9.17) is 16.3 Å². The summed E-state index contributed by atoms with van der Waals surface area (Å²) in [5.74, 6) is 0.580. The zero-order valence-corrected chi connectivity index (χ0v) is 11.5. The van der Waals surface area contributed by atoms with Crippen LogP contribution in [0.4, 0.5) is 5.69 Å². The smallest absolute Gasteiger partial charge is 0.151 e.